The van der Waals surface area contributed by atoms with Crippen LogP contribution in [-0.4, -0.2) is 11.1 Å². The van der Waals surface area contributed by atoms with Gasteiger partial charge in [-0.05, 0) is 57.7 Å². The first-order valence-electron chi connectivity index (χ1n) is 12.7. The molecule has 0 saturated carbocycles. The first-order chi connectivity index (χ1) is 16.5. The van der Waals surface area contributed by atoms with E-state index >= 15 is 0 Å². The standard InChI is InChI=1S/C32H38O3/c1-20(2)25-17-27(21(3)4)29-28(18-25)31(6,7)32(29,34)26-15-13-23(14-16-26)19-35-30(33)22(5)24-11-9-8-10-12-24/h8-18,20-22,34H,19H2,1-7H3/t22-,32-/m1/s1. The minimum absolute atomic E-state index is 0.212. The van der Waals surface area contributed by atoms with Crippen molar-refractivity contribution < 1.29 is 14.6 Å². The molecule has 0 radical (unpaired) electrons. The van der Waals surface area contributed by atoms with E-state index in [4.69, 9.17) is 4.74 Å². The monoisotopic (exact) mass is 470 g/mol. The average Bonchev–Trinajstić information content (AvgIpc) is 2.86. The highest BCUT2D eigenvalue weighted by Gasteiger charge is 2.59. The van der Waals surface area contributed by atoms with Gasteiger partial charge in [-0.3, -0.25) is 4.79 Å². The summed E-state index contributed by atoms with van der Waals surface area (Å²) in [6, 6.07) is 22.1. The molecule has 0 heterocycles. The molecule has 0 amide bonds. The van der Waals surface area contributed by atoms with Crippen LogP contribution in [-0.2, 0) is 27.2 Å². The summed E-state index contributed by atoms with van der Waals surface area (Å²) in [6.45, 7) is 15.2. The van der Waals surface area contributed by atoms with Crippen molar-refractivity contribution in [2.75, 3.05) is 0 Å². The summed E-state index contributed by atoms with van der Waals surface area (Å²) in [4.78, 5) is 12.5. The van der Waals surface area contributed by atoms with Crippen molar-refractivity contribution in [3.05, 3.63) is 106 Å². The summed E-state index contributed by atoms with van der Waals surface area (Å²) in [5, 5.41) is 12.1. The molecule has 0 aliphatic heterocycles. The van der Waals surface area contributed by atoms with E-state index in [9.17, 15) is 9.90 Å². The topological polar surface area (TPSA) is 46.5 Å². The maximum atomic E-state index is 12.5. The van der Waals surface area contributed by atoms with Crippen LogP contribution in [0.4, 0.5) is 0 Å². The van der Waals surface area contributed by atoms with Crippen LogP contribution < -0.4 is 0 Å². The van der Waals surface area contributed by atoms with E-state index in [1.165, 1.54) is 16.7 Å². The third-order valence-corrected chi connectivity index (χ3v) is 7.83. The van der Waals surface area contributed by atoms with Crippen molar-refractivity contribution in [3.8, 4) is 0 Å². The van der Waals surface area contributed by atoms with E-state index in [1.54, 1.807) is 0 Å². The first kappa shape index (κ1) is 25.2. The Hall–Kier alpha value is -2.91. The Bertz CT molecular complexity index is 1190. The lowest BCUT2D eigenvalue weighted by Crippen LogP contribution is -2.56. The number of esters is 1. The second-order valence-electron chi connectivity index (χ2n) is 11.1. The number of aliphatic hydroxyl groups is 1. The van der Waals surface area contributed by atoms with Gasteiger partial charge in [-0.2, -0.15) is 0 Å². The SMILES string of the molecule is CC(C)c1cc(C(C)C)c2c(c1)C(C)(C)[C@@]2(O)c1ccc(COC(=O)[C@H](C)c2ccccc2)cc1. The zero-order chi connectivity index (χ0) is 25.5. The van der Waals surface area contributed by atoms with Gasteiger partial charge in [0.1, 0.15) is 12.2 Å². The van der Waals surface area contributed by atoms with Gasteiger partial charge in [-0.25, -0.2) is 0 Å². The molecule has 0 unspecified atom stereocenters. The summed E-state index contributed by atoms with van der Waals surface area (Å²) < 4.78 is 5.59. The molecule has 3 nitrogen and oxygen atoms in total. The highest BCUT2D eigenvalue weighted by atomic mass is 16.5. The normalized spacial score (nSPS) is 19.3. The molecule has 3 aromatic rings. The van der Waals surface area contributed by atoms with Crippen LogP contribution in [0, 0.1) is 0 Å². The van der Waals surface area contributed by atoms with Crippen LogP contribution in [0.15, 0.2) is 66.7 Å². The Morgan fingerprint density at radius 1 is 0.857 bits per heavy atom. The van der Waals surface area contributed by atoms with Crippen molar-refractivity contribution in [3.63, 3.8) is 0 Å². The van der Waals surface area contributed by atoms with E-state index in [1.807, 2.05) is 61.5 Å². The van der Waals surface area contributed by atoms with Gasteiger partial charge in [0.05, 0.1) is 5.92 Å². The van der Waals surface area contributed by atoms with Crippen molar-refractivity contribution in [2.24, 2.45) is 0 Å². The summed E-state index contributed by atoms with van der Waals surface area (Å²) >= 11 is 0. The number of hydrogen-bond donors (Lipinski definition) is 1. The molecule has 4 rings (SSSR count). The predicted octanol–water partition coefficient (Wildman–Crippen LogP) is 7.31. The summed E-state index contributed by atoms with van der Waals surface area (Å²) in [6.07, 6.45) is 0. The van der Waals surface area contributed by atoms with Crippen LogP contribution in [0.3, 0.4) is 0 Å². The highest BCUT2D eigenvalue weighted by Crippen LogP contribution is 2.60. The van der Waals surface area contributed by atoms with E-state index in [-0.39, 0.29) is 18.5 Å². The molecule has 3 heteroatoms. The predicted molar refractivity (Wildman–Crippen MR) is 142 cm³/mol. The summed E-state index contributed by atoms with van der Waals surface area (Å²) in [5.41, 5.74) is 6.10. The lowest BCUT2D eigenvalue weighted by Gasteiger charge is -2.56. The Balaban J connectivity index is 1.57. The van der Waals surface area contributed by atoms with Crippen LogP contribution in [0.25, 0.3) is 0 Å². The van der Waals surface area contributed by atoms with E-state index in [0.717, 1.165) is 22.3 Å². The molecule has 0 aromatic heterocycles. The summed E-state index contributed by atoms with van der Waals surface area (Å²) in [5.74, 6) is 0.202. The lowest BCUT2D eigenvalue weighted by atomic mass is 9.50. The largest absolute Gasteiger partial charge is 0.460 e. The number of fused-ring (bicyclic) bond motifs is 1. The molecule has 1 N–H and O–H groups in total. The van der Waals surface area contributed by atoms with Gasteiger partial charge < -0.3 is 9.84 Å². The second kappa shape index (κ2) is 9.28. The Labute approximate surface area is 210 Å². The van der Waals surface area contributed by atoms with Crippen molar-refractivity contribution in [2.45, 2.75) is 83.8 Å². The fourth-order valence-electron chi connectivity index (χ4n) is 5.32. The zero-order valence-corrected chi connectivity index (χ0v) is 22.1. The van der Waals surface area contributed by atoms with Gasteiger partial charge in [0.2, 0.25) is 0 Å². The second-order valence-corrected chi connectivity index (χ2v) is 11.1. The number of hydrogen-bond acceptors (Lipinski definition) is 3. The number of carbonyl (C=O) groups excluding carboxylic acids is 1. The Morgan fingerprint density at radius 3 is 2.06 bits per heavy atom. The molecule has 0 spiro atoms. The number of rotatable bonds is 7. The molecule has 35 heavy (non-hydrogen) atoms. The molecule has 3 aromatic carbocycles. The van der Waals surface area contributed by atoms with Gasteiger partial charge in [0, 0.05) is 5.41 Å². The minimum atomic E-state index is -1.06. The van der Waals surface area contributed by atoms with Crippen molar-refractivity contribution >= 4 is 5.97 Å². The third-order valence-electron chi connectivity index (χ3n) is 7.83. The number of carbonyl (C=O) groups is 1. The van der Waals surface area contributed by atoms with E-state index in [0.29, 0.717) is 11.8 Å². The van der Waals surface area contributed by atoms with E-state index < -0.39 is 11.0 Å². The molecule has 0 saturated heterocycles. The smallest absolute Gasteiger partial charge is 0.313 e. The molecule has 2 atom stereocenters. The minimum Gasteiger partial charge on any atom is -0.460 e. The maximum Gasteiger partial charge on any atom is 0.313 e. The molecule has 0 fully saturated rings. The quantitative estimate of drug-likeness (QED) is 0.368. The fourth-order valence-corrected chi connectivity index (χ4v) is 5.32. The van der Waals surface area contributed by atoms with Crippen molar-refractivity contribution in [1.82, 2.24) is 0 Å². The van der Waals surface area contributed by atoms with Crippen LogP contribution in [0.1, 0.15) is 105 Å². The number of benzene rings is 3. The van der Waals surface area contributed by atoms with Gasteiger partial charge in [-0.15, -0.1) is 0 Å². The fraction of sp³-hybridized carbons (Fsp3) is 0.406. The Kier molecular flexibility index (Phi) is 6.68. The number of ether oxygens (including phenoxy) is 1. The van der Waals surface area contributed by atoms with Crippen molar-refractivity contribution in [1.29, 1.82) is 0 Å². The molecular weight excluding hydrogens is 432 g/mol. The van der Waals surface area contributed by atoms with Gasteiger partial charge in [0.25, 0.3) is 0 Å². The highest BCUT2D eigenvalue weighted by molar-refractivity contribution is 5.77. The maximum absolute atomic E-state index is 12.5. The average molecular weight is 471 g/mol. The van der Waals surface area contributed by atoms with E-state index in [2.05, 4.69) is 53.7 Å². The molecule has 184 valence electrons. The Morgan fingerprint density at radius 2 is 1.49 bits per heavy atom. The molecule has 0 bridgehead atoms. The first-order valence-corrected chi connectivity index (χ1v) is 12.7. The van der Waals surface area contributed by atoms with Gasteiger partial charge in [0.15, 0.2) is 0 Å². The third kappa shape index (κ3) is 4.21. The van der Waals surface area contributed by atoms with Gasteiger partial charge in [-0.1, -0.05) is 108 Å². The molecule has 1 aliphatic rings. The zero-order valence-electron chi connectivity index (χ0n) is 22.1. The van der Waals surface area contributed by atoms with Gasteiger partial charge >= 0.3 is 5.97 Å². The molecule has 1 aliphatic carbocycles. The van der Waals surface area contributed by atoms with Crippen LogP contribution in [0.5, 0.6) is 0 Å². The molecular formula is C32H38O3. The van der Waals surface area contributed by atoms with Crippen LogP contribution >= 0.6 is 0 Å². The van der Waals surface area contributed by atoms with Crippen LogP contribution in [0.2, 0.25) is 0 Å². The lowest BCUT2D eigenvalue weighted by molar-refractivity contribution is -0.146. The summed E-state index contributed by atoms with van der Waals surface area (Å²) in [7, 11) is 0.